The molecule has 21 heavy (non-hydrogen) atoms. The first kappa shape index (κ1) is 15.8. The first-order valence-corrected chi connectivity index (χ1v) is 7.61. The molecule has 8 heteroatoms. The molecule has 112 valence electrons. The predicted molar refractivity (Wildman–Crippen MR) is 81.2 cm³/mol. The maximum absolute atomic E-state index is 12.9. The summed E-state index contributed by atoms with van der Waals surface area (Å²) in [6.07, 6.45) is 1.63. The molecule has 1 N–H and O–H groups in total. The van der Waals surface area contributed by atoms with Gasteiger partial charge in [0.15, 0.2) is 5.16 Å². The molecule has 0 fully saturated rings. The Morgan fingerprint density at radius 3 is 2.95 bits per heavy atom. The second-order valence-corrected chi connectivity index (χ2v) is 5.93. The number of aromatic nitrogens is 3. The summed E-state index contributed by atoms with van der Waals surface area (Å²) in [5.41, 5.74) is 0.383. The lowest BCUT2D eigenvalue weighted by Crippen LogP contribution is -2.15. The molecule has 0 bridgehead atoms. The minimum atomic E-state index is -0.447. The van der Waals surface area contributed by atoms with Crippen molar-refractivity contribution in [3.63, 3.8) is 0 Å². The third-order valence-electron chi connectivity index (χ3n) is 2.63. The number of amides is 1. The number of carbonyl (C=O) groups is 1. The fraction of sp³-hybridized carbons (Fsp3) is 0.308. The van der Waals surface area contributed by atoms with Crippen molar-refractivity contribution in [2.75, 3.05) is 11.1 Å². The van der Waals surface area contributed by atoms with Crippen molar-refractivity contribution in [1.29, 1.82) is 0 Å². The van der Waals surface area contributed by atoms with Crippen molar-refractivity contribution in [3.05, 3.63) is 35.4 Å². The van der Waals surface area contributed by atoms with Crippen LogP contribution in [0.1, 0.15) is 19.9 Å². The zero-order valence-corrected chi connectivity index (χ0v) is 13.1. The van der Waals surface area contributed by atoms with E-state index >= 15 is 0 Å². The number of nitrogens with one attached hydrogen (secondary N) is 1. The van der Waals surface area contributed by atoms with Crippen LogP contribution in [0.5, 0.6) is 0 Å². The fourth-order valence-electron chi connectivity index (χ4n) is 1.60. The first-order chi connectivity index (χ1) is 9.97. The number of carbonyl (C=O) groups excluding carboxylic acids is 1. The molecule has 1 aromatic heterocycles. The van der Waals surface area contributed by atoms with E-state index in [9.17, 15) is 9.18 Å². The molecule has 0 saturated carbocycles. The molecule has 0 aliphatic carbocycles. The number of nitrogens with zero attached hydrogens (tertiary/aromatic N) is 3. The summed E-state index contributed by atoms with van der Waals surface area (Å²) in [5.74, 6) is -0.525. The second kappa shape index (κ2) is 6.91. The summed E-state index contributed by atoms with van der Waals surface area (Å²) < 4.78 is 14.8. The lowest BCUT2D eigenvalue weighted by Gasteiger charge is -2.10. The van der Waals surface area contributed by atoms with Gasteiger partial charge < -0.3 is 9.88 Å². The zero-order chi connectivity index (χ0) is 15.4. The number of hydrogen-bond acceptors (Lipinski definition) is 4. The van der Waals surface area contributed by atoms with Gasteiger partial charge in [0.05, 0.1) is 16.5 Å². The van der Waals surface area contributed by atoms with Gasteiger partial charge in [-0.1, -0.05) is 23.4 Å². The minimum absolute atomic E-state index is 0.165. The van der Waals surface area contributed by atoms with E-state index in [4.69, 9.17) is 11.6 Å². The number of anilines is 1. The summed E-state index contributed by atoms with van der Waals surface area (Å²) >= 11 is 7.13. The van der Waals surface area contributed by atoms with Crippen LogP contribution in [0.4, 0.5) is 10.1 Å². The van der Waals surface area contributed by atoms with E-state index < -0.39 is 5.82 Å². The van der Waals surface area contributed by atoms with Gasteiger partial charge in [-0.15, -0.1) is 10.2 Å². The van der Waals surface area contributed by atoms with Gasteiger partial charge in [0.2, 0.25) is 5.91 Å². The maximum atomic E-state index is 12.9. The Balaban J connectivity index is 1.94. The number of rotatable bonds is 5. The molecular formula is C13H14ClFN4OS. The molecule has 0 atom stereocenters. The third kappa shape index (κ3) is 4.18. The Morgan fingerprint density at radius 2 is 2.29 bits per heavy atom. The van der Waals surface area contributed by atoms with Crippen molar-refractivity contribution in [1.82, 2.24) is 14.8 Å². The van der Waals surface area contributed by atoms with Gasteiger partial charge in [-0.25, -0.2) is 4.39 Å². The summed E-state index contributed by atoms with van der Waals surface area (Å²) in [6.45, 7) is 4.01. The minimum Gasteiger partial charge on any atom is -0.324 e. The SMILES string of the molecule is CC(C)n1cnnc1SCC(=O)Nc1ccc(F)cc1Cl. The largest absolute Gasteiger partial charge is 0.324 e. The van der Waals surface area contributed by atoms with Crippen LogP contribution in [-0.4, -0.2) is 26.4 Å². The van der Waals surface area contributed by atoms with E-state index in [1.807, 2.05) is 18.4 Å². The van der Waals surface area contributed by atoms with E-state index in [1.54, 1.807) is 6.33 Å². The summed E-state index contributed by atoms with van der Waals surface area (Å²) in [7, 11) is 0. The van der Waals surface area contributed by atoms with Gasteiger partial charge in [-0.3, -0.25) is 4.79 Å². The molecule has 2 rings (SSSR count). The van der Waals surface area contributed by atoms with Crippen LogP contribution >= 0.6 is 23.4 Å². The molecule has 1 amide bonds. The Hall–Kier alpha value is -1.60. The van der Waals surface area contributed by atoms with Crippen LogP contribution in [0, 0.1) is 5.82 Å². The van der Waals surface area contributed by atoms with Crippen molar-refractivity contribution < 1.29 is 9.18 Å². The smallest absolute Gasteiger partial charge is 0.234 e. The number of hydrogen-bond donors (Lipinski definition) is 1. The number of thioether (sulfide) groups is 1. The number of benzene rings is 1. The quantitative estimate of drug-likeness (QED) is 0.855. The Morgan fingerprint density at radius 1 is 1.52 bits per heavy atom. The number of halogens is 2. The van der Waals surface area contributed by atoms with Gasteiger partial charge >= 0.3 is 0 Å². The van der Waals surface area contributed by atoms with Gasteiger partial charge in [0.1, 0.15) is 12.1 Å². The molecule has 0 saturated heterocycles. The average molecular weight is 329 g/mol. The van der Waals surface area contributed by atoms with E-state index in [-0.39, 0.29) is 22.7 Å². The highest BCUT2D eigenvalue weighted by atomic mass is 35.5. The van der Waals surface area contributed by atoms with Crippen LogP contribution in [0.2, 0.25) is 5.02 Å². The normalized spacial score (nSPS) is 10.9. The second-order valence-electron chi connectivity index (χ2n) is 4.58. The average Bonchev–Trinajstić information content (AvgIpc) is 2.88. The lowest BCUT2D eigenvalue weighted by atomic mass is 10.3. The topological polar surface area (TPSA) is 59.8 Å². The summed E-state index contributed by atoms with van der Waals surface area (Å²) in [4.78, 5) is 11.9. The Kier molecular flexibility index (Phi) is 5.19. The van der Waals surface area contributed by atoms with Crippen molar-refractivity contribution in [3.8, 4) is 0 Å². The van der Waals surface area contributed by atoms with E-state index in [1.165, 1.54) is 23.9 Å². The molecule has 0 radical (unpaired) electrons. The van der Waals surface area contributed by atoms with E-state index in [0.29, 0.717) is 10.8 Å². The summed E-state index contributed by atoms with van der Waals surface area (Å²) in [6, 6.07) is 4.04. The van der Waals surface area contributed by atoms with Crippen molar-refractivity contribution in [2.45, 2.75) is 25.0 Å². The fourth-order valence-corrected chi connectivity index (χ4v) is 2.66. The van der Waals surface area contributed by atoms with Crippen LogP contribution in [0.3, 0.4) is 0 Å². The molecule has 0 unspecified atom stereocenters. The highest BCUT2D eigenvalue weighted by molar-refractivity contribution is 7.99. The standard InChI is InChI=1S/C13H14ClFN4OS/c1-8(2)19-7-16-18-13(19)21-6-12(20)17-11-4-3-9(15)5-10(11)14/h3-5,7-8H,6H2,1-2H3,(H,17,20). The molecule has 1 heterocycles. The zero-order valence-electron chi connectivity index (χ0n) is 11.5. The van der Waals surface area contributed by atoms with Crippen LogP contribution in [0.15, 0.2) is 29.7 Å². The Bertz CT molecular complexity index is 647. The molecule has 0 aliphatic rings. The van der Waals surface area contributed by atoms with Gasteiger partial charge in [-0.05, 0) is 32.0 Å². The maximum Gasteiger partial charge on any atom is 0.234 e. The van der Waals surface area contributed by atoms with Crippen molar-refractivity contribution in [2.24, 2.45) is 0 Å². The molecule has 2 aromatic rings. The van der Waals surface area contributed by atoms with Gasteiger partial charge in [0.25, 0.3) is 0 Å². The third-order valence-corrected chi connectivity index (χ3v) is 3.90. The van der Waals surface area contributed by atoms with Gasteiger partial charge in [0, 0.05) is 6.04 Å². The lowest BCUT2D eigenvalue weighted by molar-refractivity contribution is -0.113. The molecule has 5 nitrogen and oxygen atoms in total. The van der Waals surface area contributed by atoms with Crippen LogP contribution in [-0.2, 0) is 4.79 Å². The Labute approximate surface area is 130 Å². The summed E-state index contributed by atoms with van der Waals surface area (Å²) in [5, 5.41) is 11.3. The monoisotopic (exact) mass is 328 g/mol. The predicted octanol–water partition coefficient (Wildman–Crippen LogP) is 3.38. The highest BCUT2D eigenvalue weighted by Gasteiger charge is 2.12. The molecule has 1 aromatic carbocycles. The van der Waals surface area contributed by atoms with Gasteiger partial charge in [-0.2, -0.15) is 0 Å². The van der Waals surface area contributed by atoms with E-state index in [0.717, 1.165) is 6.07 Å². The molecular weight excluding hydrogens is 315 g/mol. The molecule has 0 aliphatic heterocycles. The van der Waals surface area contributed by atoms with Crippen LogP contribution in [0.25, 0.3) is 0 Å². The van der Waals surface area contributed by atoms with E-state index in [2.05, 4.69) is 15.5 Å². The highest BCUT2D eigenvalue weighted by Crippen LogP contribution is 2.23. The molecule has 0 spiro atoms. The van der Waals surface area contributed by atoms with Crippen LogP contribution < -0.4 is 5.32 Å². The van der Waals surface area contributed by atoms with Crippen molar-refractivity contribution >= 4 is 35.0 Å². The first-order valence-electron chi connectivity index (χ1n) is 6.24.